The Morgan fingerprint density at radius 3 is 2.57 bits per heavy atom. The molecule has 1 fully saturated rings. The molecule has 1 N–H and O–H groups in total. The van der Waals surface area contributed by atoms with E-state index in [1.807, 2.05) is 18.2 Å². The van der Waals surface area contributed by atoms with Crippen molar-refractivity contribution in [1.29, 1.82) is 5.26 Å². The van der Waals surface area contributed by atoms with Crippen molar-refractivity contribution in [2.75, 3.05) is 6.54 Å². The van der Waals surface area contributed by atoms with Crippen LogP contribution in [-0.2, 0) is 6.42 Å². The zero-order valence-electron chi connectivity index (χ0n) is 14.2. The zero-order chi connectivity index (χ0) is 17.1. The molecule has 1 aliphatic heterocycles. The third-order valence-electron chi connectivity index (χ3n) is 5.01. The molecule has 1 amide bonds. The van der Waals surface area contributed by atoms with Crippen LogP contribution >= 0.6 is 0 Å². The van der Waals surface area contributed by atoms with E-state index in [9.17, 15) is 15.2 Å². The van der Waals surface area contributed by atoms with E-state index >= 15 is 0 Å². The Morgan fingerprint density at radius 1 is 1.39 bits per heavy atom. The van der Waals surface area contributed by atoms with Gasteiger partial charge in [-0.15, -0.1) is 0 Å². The van der Waals surface area contributed by atoms with Crippen LogP contribution in [0.25, 0.3) is 0 Å². The van der Waals surface area contributed by atoms with Gasteiger partial charge in [0.25, 0.3) is 0 Å². The molecular weight excluding hydrogens is 288 g/mol. The zero-order valence-corrected chi connectivity index (χ0v) is 14.2. The van der Waals surface area contributed by atoms with Gasteiger partial charge in [0, 0.05) is 12.6 Å². The molecule has 1 aromatic carbocycles. The van der Waals surface area contributed by atoms with Crippen LogP contribution < -0.4 is 0 Å². The van der Waals surface area contributed by atoms with Gasteiger partial charge in [-0.25, -0.2) is 4.79 Å². The van der Waals surface area contributed by atoms with Gasteiger partial charge in [-0.1, -0.05) is 51.1 Å². The lowest BCUT2D eigenvalue weighted by molar-refractivity contribution is 0.0203. The summed E-state index contributed by atoms with van der Waals surface area (Å²) < 4.78 is 0. The third kappa shape index (κ3) is 4.04. The molecule has 1 aromatic rings. The molecule has 2 unspecified atom stereocenters. The van der Waals surface area contributed by atoms with Crippen molar-refractivity contribution in [3.63, 3.8) is 0 Å². The largest absolute Gasteiger partial charge is 0.465 e. The molecule has 23 heavy (non-hydrogen) atoms. The fourth-order valence-electron chi connectivity index (χ4n) is 3.49. The Balaban J connectivity index is 2.16. The molecule has 0 saturated carbocycles. The molecule has 124 valence electrons. The predicted octanol–water partition coefficient (Wildman–Crippen LogP) is 4.32. The van der Waals surface area contributed by atoms with Crippen LogP contribution in [0.15, 0.2) is 30.3 Å². The summed E-state index contributed by atoms with van der Waals surface area (Å²) in [6.07, 6.45) is 2.01. The van der Waals surface area contributed by atoms with Gasteiger partial charge < -0.3 is 10.0 Å². The minimum Gasteiger partial charge on any atom is -0.465 e. The molecule has 4 nitrogen and oxygen atoms in total. The predicted molar refractivity (Wildman–Crippen MR) is 90.0 cm³/mol. The van der Waals surface area contributed by atoms with Crippen molar-refractivity contribution in [2.45, 2.75) is 52.5 Å². The molecule has 1 saturated heterocycles. The van der Waals surface area contributed by atoms with E-state index in [-0.39, 0.29) is 11.5 Å². The first kappa shape index (κ1) is 17.3. The Labute approximate surface area is 138 Å². The number of amides is 1. The summed E-state index contributed by atoms with van der Waals surface area (Å²) in [7, 11) is 0. The van der Waals surface area contributed by atoms with Crippen LogP contribution in [0.1, 0.15) is 45.6 Å². The number of nitrogens with zero attached hydrogens (tertiary/aromatic N) is 2. The number of hydrogen-bond donors (Lipinski definition) is 1. The molecule has 0 bridgehead atoms. The fraction of sp³-hybridized carbons (Fsp3) is 0.579. The highest BCUT2D eigenvalue weighted by molar-refractivity contribution is 5.65. The molecule has 0 aliphatic carbocycles. The second-order valence-electron chi connectivity index (χ2n) is 7.69. The Bertz CT molecular complexity index is 586. The number of hydrogen-bond acceptors (Lipinski definition) is 2. The summed E-state index contributed by atoms with van der Waals surface area (Å²) in [6.45, 7) is 6.61. The van der Waals surface area contributed by atoms with Crippen molar-refractivity contribution in [2.24, 2.45) is 10.8 Å². The molecule has 0 radical (unpaired) electrons. The van der Waals surface area contributed by atoms with E-state index in [1.54, 1.807) is 0 Å². The molecular formula is C19H26N2O2. The first-order valence-corrected chi connectivity index (χ1v) is 8.22. The van der Waals surface area contributed by atoms with Gasteiger partial charge in [0.05, 0.1) is 11.5 Å². The SMILES string of the molecule is CC(C)(C)C1CC(C#N)(CCc2ccccc2)CCN1C(=O)O. The van der Waals surface area contributed by atoms with Gasteiger partial charge in [-0.05, 0) is 36.7 Å². The second kappa shape index (κ2) is 6.62. The van der Waals surface area contributed by atoms with Gasteiger partial charge in [-0.3, -0.25) is 0 Å². The lowest BCUT2D eigenvalue weighted by Crippen LogP contribution is -2.54. The molecule has 4 heteroatoms. The highest BCUT2D eigenvalue weighted by Gasteiger charge is 2.45. The number of rotatable bonds is 3. The topological polar surface area (TPSA) is 64.3 Å². The lowest BCUT2D eigenvalue weighted by Gasteiger charge is -2.47. The highest BCUT2D eigenvalue weighted by atomic mass is 16.4. The standard InChI is InChI=1S/C19H26N2O2/c1-18(2,3)16-13-19(14-20,11-12-21(16)17(22)23)10-9-15-7-5-4-6-8-15/h4-8,16H,9-13H2,1-3H3,(H,22,23). The summed E-state index contributed by atoms with van der Waals surface area (Å²) in [5, 5.41) is 19.3. The van der Waals surface area contributed by atoms with Gasteiger partial charge in [0.1, 0.15) is 0 Å². The Hall–Kier alpha value is -2.02. The van der Waals surface area contributed by atoms with Crippen LogP contribution in [0.5, 0.6) is 0 Å². The van der Waals surface area contributed by atoms with Crippen molar-refractivity contribution in [3.05, 3.63) is 35.9 Å². The summed E-state index contributed by atoms with van der Waals surface area (Å²) >= 11 is 0. The second-order valence-corrected chi connectivity index (χ2v) is 7.69. The van der Waals surface area contributed by atoms with Crippen LogP contribution in [-0.4, -0.2) is 28.7 Å². The van der Waals surface area contributed by atoms with E-state index in [0.717, 1.165) is 12.8 Å². The van der Waals surface area contributed by atoms with E-state index < -0.39 is 11.5 Å². The maximum absolute atomic E-state index is 11.5. The number of piperidine rings is 1. The lowest BCUT2D eigenvalue weighted by atomic mass is 9.67. The number of carbonyl (C=O) groups is 1. The van der Waals surface area contributed by atoms with Crippen molar-refractivity contribution in [3.8, 4) is 6.07 Å². The first-order valence-electron chi connectivity index (χ1n) is 8.22. The van der Waals surface area contributed by atoms with E-state index in [0.29, 0.717) is 19.4 Å². The van der Waals surface area contributed by atoms with E-state index in [4.69, 9.17) is 0 Å². The van der Waals surface area contributed by atoms with Crippen LogP contribution in [0, 0.1) is 22.2 Å². The third-order valence-corrected chi connectivity index (χ3v) is 5.01. The molecule has 2 atom stereocenters. The van der Waals surface area contributed by atoms with Gasteiger partial charge in [0.2, 0.25) is 0 Å². The number of nitriles is 1. The number of benzene rings is 1. The van der Waals surface area contributed by atoms with Crippen molar-refractivity contribution < 1.29 is 9.90 Å². The summed E-state index contributed by atoms with van der Waals surface area (Å²) in [5.41, 5.74) is 0.628. The molecule has 0 aromatic heterocycles. The monoisotopic (exact) mass is 314 g/mol. The minimum atomic E-state index is -0.875. The van der Waals surface area contributed by atoms with Gasteiger partial charge >= 0.3 is 6.09 Å². The number of carboxylic acid groups (broad SMARTS) is 1. The smallest absolute Gasteiger partial charge is 0.407 e. The maximum atomic E-state index is 11.5. The van der Waals surface area contributed by atoms with Crippen LogP contribution in [0.4, 0.5) is 4.79 Å². The summed E-state index contributed by atoms with van der Waals surface area (Å²) in [4.78, 5) is 13.1. The molecule has 0 spiro atoms. The average molecular weight is 314 g/mol. The van der Waals surface area contributed by atoms with Crippen molar-refractivity contribution >= 4 is 6.09 Å². The quantitative estimate of drug-likeness (QED) is 0.903. The fourth-order valence-corrected chi connectivity index (χ4v) is 3.49. The molecule has 2 rings (SSSR count). The normalized spacial score (nSPS) is 25.0. The van der Waals surface area contributed by atoms with Gasteiger partial charge in [-0.2, -0.15) is 5.26 Å². The first-order chi connectivity index (χ1) is 10.8. The molecule has 1 aliphatic rings. The highest BCUT2D eigenvalue weighted by Crippen LogP contribution is 2.43. The Kier molecular flexibility index (Phi) is 4.99. The number of aryl methyl sites for hydroxylation is 1. The van der Waals surface area contributed by atoms with E-state index in [1.165, 1.54) is 10.5 Å². The maximum Gasteiger partial charge on any atom is 0.407 e. The minimum absolute atomic E-state index is 0.121. The summed E-state index contributed by atoms with van der Waals surface area (Å²) in [5.74, 6) is 0. The van der Waals surface area contributed by atoms with E-state index in [2.05, 4.69) is 39.0 Å². The van der Waals surface area contributed by atoms with Crippen molar-refractivity contribution in [1.82, 2.24) is 4.90 Å². The van der Waals surface area contributed by atoms with Crippen LogP contribution in [0.2, 0.25) is 0 Å². The van der Waals surface area contributed by atoms with Gasteiger partial charge in [0.15, 0.2) is 0 Å². The Morgan fingerprint density at radius 2 is 2.04 bits per heavy atom. The number of likely N-dealkylation sites (tertiary alicyclic amines) is 1. The average Bonchev–Trinajstić information content (AvgIpc) is 2.52. The molecule has 1 heterocycles. The summed E-state index contributed by atoms with van der Waals surface area (Å²) in [6, 6.07) is 12.6. The van der Waals surface area contributed by atoms with Crippen LogP contribution in [0.3, 0.4) is 0 Å².